The van der Waals surface area contributed by atoms with Gasteiger partial charge in [0, 0.05) is 37.2 Å². The third-order valence-electron chi connectivity index (χ3n) is 8.22. The highest BCUT2D eigenvalue weighted by Crippen LogP contribution is 2.36. The summed E-state index contributed by atoms with van der Waals surface area (Å²) in [4.78, 5) is 15.9. The molecule has 8 nitrogen and oxygen atoms in total. The number of nitriles is 1. The monoisotopic (exact) mass is 690 g/mol. The zero-order chi connectivity index (χ0) is 35.5. The van der Waals surface area contributed by atoms with Crippen LogP contribution in [0.5, 0.6) is 17.2 Å². The van der Waals surface area contributed by atoms with Crippen LogP contribution in [-0.4, -0.2) is 37.4 Å². The molecule has 0 aliphatic heterocycles. The van der Waals surface area contributed by atoms with Crippen LogP contribution in [0.15, 0.2) is 91.3 Å². The first-order valence-corrected chi connectivity index (χ1v) is 16.8. The van der Waals surface area contributed by atoms with E-state index in [0.717, 1.165) is 44.7 Å². The van der Waals surface area contributed by atoms with Gasteiger partial charge < -0.3 is 23.7 Å². The van der Waals surface area contributed by atoms with Crippen LogP contribution < -0.4 is 14.2 Å². The normalized spacial score (nSPS) is 10.9. The Bertz CT molecular complexity index is 1970. The van der Waals surface area contributed by atoms with Crippen molar-refractivity contribution < 1.29 is 28.5 Å². The Balaban J connectivity index is 1.31. The van der Waals surface area contributed by atoms with Gasteiger partial charge in [-0.15, -0.1) is 0 Å². The Kier molecular flexibility index (Phi) is 12.6. The van der Waals surface area contributed by atoms with Crippen LogP contribution in [0, 0.1) is 25.2 Å². The van der Waals surface area contributed by atoms with Crippen LogP contribution in [-0.2, 0) is 22.7 Å². The van der Waals surface area contributed by atoms with Gasteiger partial charge in [-0.1, -0.05) is 60.1 Å². The third-order valence-corrected chi connectivity index (χ3v) is 8.51. The first-order valence-electron chi connectivity index (χ1n) is 16.4. The second-order valence-electron chi connectivity index (χ2n) is 11.5. The highest BCUT2D eigenvalue weighted by atomic mass is 35.5. The minimum atomic E-state index is -0.400. The lowest BCUT2D eigenvalue weighted by molar-refractivity contribution is -0.152. The van der Waals surface area contributed by atoms with Crippen molar-refractivity contribution >= 4 is 17.9 Å². The van der Waals surface area contributed by atoms with Gasteiger partial charge in [0.15, 0.2) is 12.6 Å². The Morgan fingerprint density at radius 1 is 0.800 bits per heavy atom. The SMILES string of the molecule is CCOC(COc1ccc(-c2cccc(-c3cccc(COc4cc(OCc5cncc(C#N)c5)c(C=O)cc4Cl)c3C)c2C)cc1)OCC. The number of carbonyl (C=O) groups is 1. The fourth-order valence-electron chi connectivity index (χ4n) is 5.60. The van der Waals surface area contributed by atoms with Crippen LogP contribution >= 0.6 is 11.6 Å². The largest absolute Gasteiger partial charge is 0.488 e. The number of halogens is 1. The summed E-state index contributed by atoms with van der Waals surface area (Å²) in [5.74, 6) is 1.45. The molecule has 0 unspecified atom stereocenters. The molecule has 0 aliphatic rings. The minimum absolute atomic E-state index is 0.116. The second kappa shape index (κ2) is 17.5. The average molecular weight is 691 g/mol. The van der Waals surface area contributed by atoms with Crippen molar-refractivity contribution in [3.63, 3.8) is 0 Å². The van der Waals surface area contributed by atoms with Gasteiger partial charge >= 0.3 is 0 Å². The summed E-state index contributed by atoms with van der Waals surface area (Å²) in [5, 5.41) is 9.46. The average Bonchev–Trinajstić information content (AvgIpc) is 3.14. The topological polar surface area (TPSA) is 99.9 Å². The van der Waals surface area contributed by atoms with E-state index in [1.807, 2.05) is 38.1 Å². The standard InChI is InChI=1S/C41H39ClN2O6/c1-5-46-41(47-6-2)26-48-34-15-13-31(14-16-34)35-10-8-12-37(28(35)4)36-11-7-9-32(27(36)3)25-50-40-19-39(33(23-45)18-38(40)42)49-24-30-17-29(20-43)21-44-22-30/h7-19,21-23,41H,5-6,24-26H2,1-4H3. The molecular weight excluding hydrogens is 652 g/mol. The van der Waals surface area contributed by atoms with Crippen molar-refractivity contribution in [1.82, 2.24) is 4.98 Å². The smallest absolute Gasteiger partial charge is 0.191 e. The first kappa shape index (κ1) is 36.1. The number of hydrogen-bond donors (Lipinski definition) is 0. The summed E-state index contributed by atoms with van der Waals surface area (Å²) in [6.45, 7) is 9.88. The molecule has 0 fully saturated rings. The molecule has 50 heavy (non-hydrogen) atoms. The van der Waals surface area contributed by atoms with Gasteiger partial charge in [-0.2, -0.15) is 5.26 Å². The number of aldehydes is 1. The summed E-state index contributed by atoms with van der Waals surface area (Å²) in [6.07, 6.45) is 3.37. The zero-order valence-corrected chi connectivity index (χ0v) is 29.3. The van der Waals surface area contributed by atoms with E-state index < -0.39 is 6.29 Å². The predicted molar refractivity (Wildman–Crippen MR) is 194 cm³/mol. The van der Waals surface area contributed by atoms with Gasteiger partial charge in [0.2, 0.25) is 0 Å². The molecule has 5 aromatic rings. The van der Waals surface area contributed by atoms with E-state index in [2.05, 4.69) is 61.3 Å². The van der Waals surface area contributed by atoms with Crippen molar-refractivity contribution in [3.05, 3.63) is 130 Å². The molecular formula is C41H39ClN2O6. The molecule has 1 heterocycles. The molecule has 0 atom stereocenters. The molecule has 5 rings (SSSR count). The van der Waals surface area contributed by atoms with Gasteiger partial charge in [0.1, 0.15) is 43.1 Å². The number of carbonyl (C=O) groups excluding carboxylic acids is 1. The molecule has 9 heteroatoms. The van der Waals surface area contributed by atoms with E-state index >= 15 is 0 Å². The van der Waals surface area contributed by atoms with Crippen molar-refractivity contribution in [2.75, 3.05) is 19.8 Å². The summed E-state index contributed by atoms with van der Waals surface area (Å²) in [7, 11) is 0. The Morgan fingerprint density at radius 2 is 1.48 bits per heavy atom. The molecule has 0 spiro atoms. The maximum absolute atomic E-state index is 11.8. The highest BCUT2D eigenvalue weighted by molar-refractivity contribution is 6.32. The third kappa shape index (κ3) is 8.87. The molecule has 0 radical (unpaired) electrons. The lowest BCUT2D eigenvalue weighted by Gasteiger charge is -2.18. The van der Waals surface area contributed by atoms with Gasteiger partial charge in [-0.25, -0.2) is 0 Å². The van der Waals surface area contributed by atoms with Crippen molar-refractivity contribution in [2.24, 2.45) is 0 Å². The summed E-state index contributed by atoms with van der Waals surface area (Å²) >= 11 is 6.53. The zero-order valence-electron chi connectivity index (χ0n) is 28.6. The summed E-state index contributed by atoms with van der Waals surface area (Å²) < 4.78 is 29.2. The number of ether oxygens (including phenoxy) is 5. The van der Waals surface area contributed by atoms with Crippen molar-refractivity contribution in [3.8, 4) is 45.6 Å². The van der Waals surface area contributed by atoms with Gasteiger partial charge in [-0.05, 0) is 90.9 Å². The van der Waals surface area contributed by atoms with Crippen LogP contribution in [0.25, 0.3) is 22.3 Å². The summed E-state index contributed by atoms with van der Waals surface area (Å²) in [5.41, 5.74) is 9.06. The van der Waals surface area contributed by atoms with Crippen LogP contribution in [0.2, 0.25) is 5.02 Å². The fourth-order valence-corrected chi connectivity index (χ4v) is 5.83. The molecule has 0 aliphatic carbocycles. The first-order chi connectivity index (χ1) is 24.3. The Hall–Kier alpha value is -5.20. The quantitative estimate of drug-likeness (QED) is 0.0746. The van der Waals surface area contributed by atoms with Gasteiger partial charge in [0.25, 0.3) is 0 Å². The fraction of sp³-hybridized carbons (Fsp3) is 0.244. The maximum Gasteiger partial charge on any atom is 0.191 e. The molecule has 0 amide bonds. The van der Waals surface area contributed by atoms with Crippen molar-refractivity contribution in [1.29, 1.82) is 5.26 Å². The van der Waals surface area contributed by atoms with Crippen molar-refractivity contribution in [2.45, 2.75) is 47.2 Å². The predicted octanol–water partition coefficient (Wildman–Crippen LogP) is 9.31. The number of pyridine rings is 1. The lowest BCUT2D eigenvalue weighted by Crippen LogP contribution is -2.25. The summed E-state index contributed by atoms with van der Waals surface area (Å²) in [6, 6.07) is 27.4. The van der Waals surface area contributed by atoms with Gasteiger partial charge in [-0.3, -0.25) is 9.78 Å². The number of aromatic nitrogens is 1. The number of benzene rings is 4. The maximum atomic E-state index is 11.8. The van der Waals surface area contributed by atoms with Crippen LogP contribution in [0.4, 0.5) is 0 Å². The molecule has 0 bridgehead atoms. The van der Waals surface area contributed by atoms with E-state index in [9.17, 15) is 4.79 Å². The lowest BCUT2D eigenvalue weighted by atomic mass is 9.89. The Labute approximate surface area is 298 Å². The molecule has 0 N–H and O–H groups in total. The number of hydrogen-bond acceptors (Lipinski definition) is 8. The minimum Gasteiger partial charge on any atom is -0.488 e. The Morgan fingerprint density at radius 3 is 2.18 bits per heavy atom. The van der Waals surface area contributed by atoms with E-state index in [4.69, 9.17) is 40.5 Å². The second-order valence-corrected chi connectivity index (χ2v) is 11.9. The highest BCUT2D eigenvalue weighted by Gasteiger charge is 2.16. The van der Waals surface area contributed by atoms with E-state index in [-0.39, 0.29) is 13.2 Å². The van der Waals surface area contributed by atoms with E-state index in [0.29, 0.717) is 59.3 Å². The van der Waals surface area contributed by atoms with E-state index in [1.165, 1.54) is 12.3 Å². The van der Waals surface area contributed by atoms with Crippen LogP contribution in [0.3, 0.4) is 0 Å². The molecule has 256 valence electrons. The molecule has 0 saturated carbocycles. The molecule has 1 aromatic heterocycles. The van der Waals surface area contributed by atoms with Gasteiger partial charge in [0.05, 0.1) is 16.1 Å². The molecule has 4 aromatic carbocycles. The number of rotatable bonds is 16. The van der Waals surface area contributed by atoms with E-state index in [1.54, 1.807) is 18.3 Å². The number of nitrogens with zero attached hydrogens (tertiary/aromatic N) is 2. The molecule has 0 saturated heterocycles. The van der Waals surface area contributed by atoms with Crippen LogP contribution in [0.1, 0.15) is 52.0 Å².